The smallest absolute Gasteiger partial charge is 0.0686 e. The number of benzene rings is 1. The van der Waals surface area contributed by atoms with Gasteiger partial charge in [-0.25, -0.2) is 0 Å². The second-order valence-electron chi connectivity index (χ2n) is 5.17. The number of aliphatic hydroxyl groups is 1. The van der Waals surface area contributed by atoms with Crippen molar-refractivity contribution in [1.29, 1.82) is 0 Å². The Hall–Kier alpha value is -0.770. The lowest BCUT2D eigenvalue weighted by Crippen LogP contribution is -2.27. The maximum Gasteiger partial charge on any atom is 0.0686 e. The third kappa shape index (κ3) is 3.87. The monoisotopic (exact) mass is 268 g/mol. The SMILES string of the molecule is CC(O)CN(C)c1ccc(CNC2CC2)cc1Cl. The molecule has 1 aromatic carbocycles. The molecule has 0 saturated heterocycles. The van der Waals surface area contributed by atoms with E-state index in [4.69, 9.17) is 11.6 Å². The predicted octanol–water partition coefficient (Wildman–Crippen LogP) is 2.41. The average molecular weight is 269 g/mol. The zero-order valence-electron chi connectivity index (χ0n) is 11.0. The number of likely N-dealkylation sites (N-methyl/N-ethyl adjacent to an activating group) is 1. The molecule has 1 saturated carbocycles. The molecule has 2 N–H and O–H groups in total. The highest BCUT2D eigenvalue weighted by Crippen LogP contribution is 2.27. The minimum Gasteiger partial charge on any atom is -0.392 e. The van der Waals surface area contributed by atoms with Gasteiger partial charge in [0.1, 0.15) is 0 Å². The molecule has 1 aromatic rings. The summed E-state index contributed by atoms with van der Waals surface area (Å²) in [7, 11) is 1.94. The fraction of sp³-hybridized carbons (Fsp3) is 0.571. The second kappa shape index (κ2) is 5.91. The molecule has 18 heavy (non-hydrogen) atoms. The Kier molecular flexibility index (Phi) is 4.49. The summed E-state index contributed by atoms with van der Waals surface area (Å²) in [5.41, 5.74) is 2.17. The summed E-state index contributed by atoms with van der Waals surface area (Å²) in [6.07, 6.45) is 2.23. The quantitative estimate of drug-likeness (QED) is 0.832. The molecule has 0 bridgehead atoms. The van der Waals surface area contributed by atoms with E-state index in [1.165, 1.54) is 18.4 Å². The van der Waals surface area contributed by atoms with Crippen LogP contribution in [0.2, 0.25) is 5.02 Å². The van der Waals surface area contributed by atoms with Crippen molar-refractivity contribution < 1.29 is 5.11 Å². The van der Waals surface area contributed by atoms with Crippen molar-refractivity contribution in [1.82, 2.24) is 5.32 Å². The van der Waals surface area contributed by atoms with Crippen molar-refractivity contribution >= 4 is 17.3 Å². The van der Waals surface area contributed by atoms with E-state index in [-0.39, 0.29) is 6.10 Å². The summed E-state index contributed by atoms with van der Waals surface area (Å²) in [6.45, 7) is 3.24. The number of hydrogen-bond acceptors (Lipinski definition) is 3. The first-order valence-corrected chi connectivity index (χ1v) is 6.85. The first kappa shape index (κ1) is 13.7. The van der Waals surface area contributed by atoms with Gasteiger partial charge in [-0.15, -0.1) is 0 Å². The van der Waals surface area contributed by atoms with Crippen molar-refractivity contribution in [3.05, 3.63) is 28.8 Å². The van der Waals surface area contributed by atoms with Crippen LogP contribution in [0.1, 0.15) is 25.3 Å². The Bertz CT molecular complexity index is 405. The summed E-state index contributed by atoms with van der Waals surface area (Å²) in [5.74, 6) is 0. The van der Waals surface area contributed by atoms with Crippen LogP contribution >= 0.6 is 11.6 Å². The molecule has 0 spiro atoms. The summed E-state index contributed by atoms with van der Waals surface area (Å²) >= 11 is 6.29. The number of aliphatic hydroxyl groups excluding tert-OH is 1. The van der Waals surface area contributed by atoms with E-state index in [1.54, 1.807) is 6.92 Å². The van der Waals surface area contributed by atoms with Gasteiger partial charge in [-0.3, -0.25) is 0 Å². The highest BCUT2D eigenvalue weighted by molar-refractivity contribution is 6.33. The molecule has 100 valence electrons. The highest BCUT2D eigenvalue weighted by Gasteiger charge is 2.20. The number of anilines is 1. The van der Waals surface area contributed by atoms with Crippen molar-refractivity contribution in [3.63, 3.8) is 0 Å². The fourth-order valence-electron chi connectivity index (χ4n) is 2.01. The van der Waals surface area contributed by atoms with Crippen LogP contribution in [0.5, 0.6) is 0 Å². The maximum atomic E-state index is 9.39. The van der Waals surface area contributed by atoms with Crippen LogP contribution in [0.4, 0.5) is 5.69 Å². The van der Waals surface area contributed by atoms with Gasteiger partial charge in [0.05, 0.1) is 16.8 Å². The van der Waals surface area contributed by atoms with Crippen LogP contribution in [0, 0.1) is 0 Å². The molecule has 3 nitrogen and oxygen atoms in total. The van der Waals surface area contributed by atoms with E-state index in [2.05, 4.69) is 11.4 Å². The van der Waals surface area contributed by atoms with E-state index >= 15 is 0 Å². The van der Waals surface area contributed by atoms with Gasteiger partial charge in [-0.2, -0.15) is 0 Å². The number of nitrogens with zero attached hydrogens (tertiary/aromatic N) is 1. The second-order valence-corrected chi connectivity index (χ2v) is 5.58. The molecule has 0 aromatic heterocycles. The number of rotatable bonds is 6. The van der Waals surface area contributed by atoms with Crippen LogP contribution in [-0.2, 0) is 6.54 Å². The van der Waals surface area contributed by atoms with E-state index in [0.717, 1.165) is 17.3 Å². The Labute approximate surface area is 114 Å². The van der Waals surface area contributed by atoms with Gasteiger partial charge in [0.25, 0.3) is 0 Å². The summed E-state index contributed by atoms with van der Waals surface area (Å²) in [4.78, 5) is 1.98. The highest BCUT2D eigenvalue weighted by atomic mass is 35.5. The van der Waals surface area contributed by atoms with Gasteiger partial charge in [0.15, 0.2) is 0 Å². The third-order valence-corrected chi connectivity index (χ3v) is 3.44. The molecule has 0 aliphatic heterocycles. The molecule has 1 fully saturated rings. The molecule has 1 aliphatic rings. The molecule has 0 heterocycles. The summed E-state index contributed by atoms with van der Waals surface area (Å²) in [5, 5.41) is 13.6. The predicted molar refractivity (Wildman–Crippen MR) is 76.3 cm³/mol. The molecule has 2 rings (SSSR count). The van der Waals surface area contributed by atoms with Crippen LogP contribution in [0.3, 0.4) is 0 Å². The Balaban J connectivity index is 1.99. The molecular formula is C14H21ClN2O. The first-order valence-electron chi connectivity index (χ1n) is 6.47. The topological polar surface area (TPSA) is 35.5 Å². The lowest BCUT2D eigenvalue weighted by molar-refractivity contribution is 0.201. The molecule has 1 atom stereocenters. The molecule has 0 radical (unpaired) electrons. The normalized spacial score (nSPS) is 16.7. The van der Waals surface area contributed by atoms with E-state index in [0.29, 0.717) is 12.6 Å². The average Bonchev–Trinajstić information content (AvgIpc) is 3.09. The van der Waals surface area contributed by atoms with Gasteiger partial charge < -0.3 is 15.3 Å². The lowest BCUT2D eigenvalue weighted by Gasteiger charge is -2.22. The Morgan fingerprint density at radius 1 is 1.50 bits per heavy atom. The summed E-state index contributed by atoms with van der Waals surface area (Å²) in [6, 6.07) is 6.83. The van der Waals surface area contributed by atoms with Crippen LogP contribution in [0.15, 0.2) is 18.2 Å². The number of nitrogens with one attached hydrogen (secondary N) is 1. The number of hydrogen-bond donors (Lipinski definition) is 2. The minimum absolute atomic E-state index is 0.359. The molecule has 1 unspecified atom stereocenters. The van der Waals surface area contributed by atoms with E-state index in [1.807, 2.05) is 24.1 Å². The van der Waals surface area contributed by atoms with Gasteiger partial charge in [-0.1, -0.05) is 17.7 Å². The van der Waals surface area contributed by atoms with Gasteiger partial charge in [-0.05, 0) is 37.5 Å². The van der Waals surface area contributed by atoms with Crippen LogP contribution in [0.25, 0.3) is 0 Å². The van der Waals surface area contributed by atoms with Crippen molar-refractivity contribution in [2.75, 3.05) is 18.5 Å². The van der Waals surface area contributed by atoms with Crippen LogP contribution < -0.4 is 10.2 Å². The fourth-order valence-corrected chi connectivity index (χ4v) is 2.36. The van der Waals surface area contributed by atoms with Gasteiger partial charge >= 0.3 is 0 Å². The zero-order chi connectivity index (χ0) is 13.1. The zero-order valence-corrected chi connectivity index (χ0v) is 11.7. The van der Waals surface area contributed by atoms with E-state index in [9.17, 15) is 5.11 Å². The van der Waals surface area contributed by atoms with Crippen molar-refractivity contribution in [2.24, 2.45) is 0 Å². The third-order valence-electron chi connectivity index (χ3n) is 3.13. The van der Waals surface area contributed by atoms with Crippen molar-refractivity contribution in [3.8, 4) is 0 Å². The van der Waals surface area contributed by atoms with Crippen LogP contribution in [-0.4, -0.2) is 30.8 Å². The molecule has 0 amide bonds. The Morgan fingerprint density at radius 3 is 2.78 bits per heavy atom. The molecule has 1 aliphatic carbocycles. The molecule has 4 heteroatoms. The molecular weight excluding hydrogens is 248 g/mol. The number of halogens is 1. The lowest BCUT2D eigenvalue weighted by atomic mass is 10.2. The van der Waals surface area contributed by atoms with Gasteiger partial charge in [0, 0.05) is 26.2 Å². The first-order chi connectivity index (χ1) is 8.56. The Morgan fingerprint density at radius 2 is 2.22 bits per heavy atom. The van der Waals surface area contributed by atoms with Crippen molar-refractivity contribution in [2.45, 2.75) is 38.5 Å². The minimum atomic E-state index is -0.359. The summed E-state index contributed by atoms with van der Waals surface area (Å²) < 4.78 is 0. The van der Waals surface area contributed by atoms with Gasteiger partial charge in [0.2, 0.25) is 0 Å². The standard InChI is InChI=1S/C14H21ClN2O/c1-10(18)9-17(2)14-6-3-11(7-13(14)15)8-16-12-4-5-12/h3,6-7,10,12,16,18H,4-5,8-9H2,1-2H3. The largest absolute Gasteiger partial charge is 0.392 e. The van der Waals surface area contributed by atoms with E-state index < -0.39 is 0 Å². The maximum absolute atomic E-state index is 9.39.